The Morgan fingerprint density at radius 1 is 1.30 bits per heavy atom. The van der Waals surface area contributed by atoms with Gasteiger partial charge in [0.25, 0.3) is 0 Å². The number of ether oxygens (including phenoxy) is 1. The van der Waals surface area contributed by atoms with Crippen LogP contribution in [-0.4, -0.2) is 25.4 Å². The summed E-state index contributed by atoms with van der Waals surface area (Å²) >= 11 is 2.35. The minimum Gasteiger partial charge on any atom is -0.496 e. The van der Waals surface area contributed by atoms with E-state index in [1.54, 1.807) is 7.11 Å². The quantitative estimate of drug-likeness (QED) is 0.373. The average molecular weight is 476 g/mol. The highest BCUT2D eigenvalue weighted by Crippen LogP contribution is 2.45. The van der Waals surface area contributed by atoms with Gasteiger partial charge in [0.05, 0.1) is 12.8 Å². The molecule has 0 spiro atoms. The number of benzene rings is 2. The third kappa shape index (κ3) is 4.00. The Balaban J connectivity index is 2.04. The second-order valence-corrected chi connectivity index (χ2v) is 9.17. The molecule has 0 radical (unpaired) electrons. The third-order valence-corrected chi connectivity index (χ3v) is 6.76. The van der Waals surface area contributed by atoms with Crippen LogP contribution in [0.1, 0.15) is 56.7 Å². The highest BCUT2D eigenvalue weighted by atomic mass is 127. The molecule has 4 heteroatoms. The number of methoxy groups -OCH3 is 1. The lowest BCUT2D eigenvalue weighted by Gasteiger charge is -2.47. The molecular weight excluding hydrogens is 447 g/mol. The lowest BCUT2D eigenvalue weighted by molar-refractivity contribution is 0.377. The topological polar surface area (TPSA) is 24.8 Å². The summed E-state index contributed by atoms with van der Waals surface area (Å²) in [6.45, 7) is 12.3. The van der Waals surface area contributed by atoms with Crippen molar-refractivity contribution in [3.8, 4) is 5.75 Å². The predicted octanol–water partition coefficient (Wildman–Crippen LogP) is 6.47. The van der Waals surface area contributed by atoms with Crippen LogP contribution in [0, 0.1) is 10.5 Å². The van der Waals surface area contributed by atoms with E-state index in [-0.39, 0.29) is 5.54 Å². The number of nitrogens with zero attached hydrogens (tertiary/aromatic N) is 2. The van der Waals surface area contributed by atoms with Crippen LogP contribution in [0.2, 0.25) is 0 Å². The van der Waals surface area contributed by atoms with Crippen LogP contribution in [0.3, 0.4) is 0 Å². The Labute approximate surface area is 177 Å². The Morgan fingerprint density at radius 2 is 2.04 bits per heavy atom. The van der Waals surface area contributed by atoms with Crippen molar-refractivity contribution in [1.29, 1.82) is 0 Å². The molecule has 144 valence electrons. The van der Waals surface area contributed by atoms with Crippen molar-refractivity contribution in [2.24, 2.45) is 4.99 Å². The van der Waals surface area contributed by atoms with Gasteiger partial charge in [-0.15, -0.1) is 0 Å². The van der Waals surface area contributed by atoms with Crippen LogP contribution in [-0.2, 0) is 0 Å². The van der Waals surface area contributed by atoms with Crippen molar-refractivity contribution < 1.29 is 4.74 Å². The summed E-state index contributed by atoms with van der Waals surface area (Å²) in [7, 11) is 1.74. The molecule has 0 aliphatic carbocycles. The van der Waals surface area contributed by atoms with E-state index in [0.717, 1.165) is 30.0 Å². The largest absolute Gasteiger partial charge is 0.496 e. The zero-order chi connectivity index (χ0) is 19.8. The highest BCUT2D eigenvalue weighted by Gasteiger charge is 2.36. The van der Waals surface area contributed by atoms with Crippen LogP contribution >= 0.6 is 22.6 Å². The molecule has 0 amide bonds. The van der Waals surface area contributed by atoms with Crippen LogP contribution in [0.15, 0.2) is 35.3 Å². The van der Waals surface area contributed by atoms with E-state index in [4.69, 9.17) is 9.73 Å². The maximum atomic E-state index is 5.72. The first-order chi connectivity index (χ1) is 12.8. The van der Waals surface area contributed by atoms with E-state index in [0.29, 0.717) is 5.92 Å². The second kappa shape index (κ2) is 7.82. The first-order valence-corrected chi connectivity index (χ1v) is 10.6. The number of hydrogen-bond acceptors (Lipinski definition) is 3. The number of hydrogen-bond donors (Lipinski definition) is 0. The standard InChI is InChI=1S/C23H29IN2O/c1-7-26-21-12-22(27-6)17(11-19(21)16(3)13-23(26,4)5)14-25-18-8-9-20(24)15(2)10-18/h8-12,14,16H,7,13H2,1-6H3. The number of fused-ring (bicyclic) bond motifs is 1. The normalized spacial score (nSPS) is 18.6. The van der Waals surface area contributed by atoms with Crippen molar-refractivity contribution in [1.82, 2.24) is 0 Å². The maximum absolute atomic E-state index is 5.72. The molecule has 0 saturated carbocycles. The molecule has 0 aromatic heterocycles. The second-order valence-electron chi connectivity index (χ2n) is 8.01. The van der Waals surface area contributed by atoms with Gasteiger partial charge in [-0.05, 0) is 98.0 Å². The fourth-order valence-corrected chi connectivity index (χ4v) is 4.59. The van der Waals surface area contributed by atoms with Gasteiger partial charge >= 0.3 is 0 Å². The molecule has 0 fully saturated rings. The smallest absolute Gasteiger partial charge is 0.129 e. The number of anilines is 1. The zero-order valence-electron chi connectivity index (χ0n) is 17.1. The van der Waals surface area contributed by atoms with Crippen molar-refractivity contribution in [3.05, 3.63) is 50.6 Å². The minimum absolute atomic E-state index is 0.153. The van der Waals surface area contributed by atoms with Crippen LogP contribution < -0.4 is 9.64 Å². The highest BCUT2D eigenvalue weighted by molar-refractivity contribution is 14.1. The molecule has 1 atom stereocenters. The van der Waals surface area contributed by atoms with Crippen molar-refractivity contribution in [3.63, 3.8) is 0 Å². The van der Waals surface area contributed by atoms with Gasteiger partial charge in [0.2, 0.25) is 0 Å². The van der Waals surface area contributed by atoms with Gasteiger partial charge in [0.15, 0.2) is 0 Å². The van der Waals surface area contributed by atoms with E-state index in [9.17, 15) is 0 Å². The lowest BCUT2D eigenvalue weighted by atomic mass is 9.79. The van der Waals surface area contributed by atoms with E-state index in [2.05, 4.69) is 92.4 Å². The van der Waals surface area contributed by atoms with Gasteiger partial charge in [0.1, 0.15) is 5.75 Å². The van der Waals surface area contributed by atoms with Gasteiger partial charge in [0, 0.05) is 39.2 Å². The van der Waals surface area contributed by atoms with Crippen LogP contribution in [0.25, 0.3) is 0 Å². The van der Waals surface area contributed by atoms with E-state index in [1.165, 1.54) is 20.4 Å². The van der Waals surface area contributed by atoms with Gasteiger partial charge in [-0.3, -0.25) is 4.99 Å². The van der Waals surface area contributed by atoms with Crippen LogP contribution in [0.5, 0.6) is 5.75 Å². The fraction of sp³-hybridized carbons (Fsp3) is 0.435. The Bertz CT molecular complexity index is 873. The fourth-order valence-electron chi connectivity index (χ4n) is 4.26. The number of rotatable bonds is 4. The number of aryl methyl sites for hydroxylation is 1. The number of aliphatic imine (C=N–C) groups is 1. The monoisotopic (exact) mass is 476 g/mol. The summed E-state index contributed by atoms with van der Waals surface area (Å²) in [5, 5.41) is 0. The first kappa shape index (κ1) is 20.2. The van der Waals surface area contributed by atoms with Crippen LogP contribution in [0.4, 0.5) is 11.4 Å². The first-order valence-electron chi connectivity index (χ1n) is 9.56. The summed E-state index contributed by atoms with van der Waals surface area (Å²) in [5.74, 6) is 1.39. The maximum Gasteiger partial charge on any atom is 0.129 e. The third-order valence-electron chi connectivity index (χ3n) is 5.55. The predicted molar refractivity (Wildman–Crippen MR) is 124 cm³/mol. The number of halogens is 1. The average Bonchev–Trinajstić information content (AvgIpc) is 2.61. The molecule has 27 heavy (non-hydrogen) atoms. The molecule has 0 bridgehead atoms. The summed E-state index contributed by atoms with van der Waals surface area (Å²) in [4.78, 5) is 7.20. The van der Waals surface area contributed by atoms with E-state index >= 15 is 0 Å². The van der Waals surface area contributed by atoms with Gasteiger partial charge < -0.3 is 9.64 Å². The molecule has 1 aliphatic heterocycles. The molecule has 1 unspecified atom stereocenters. The molecule has 1 heterocycles. The summed E-state index contributed by atoms with van der Waals surface area (Å²) in [5.41, 5.74) is 6.09. The van der Waals surface area contributed by atoms with Crippen molar-refractivity contribution >= 4 is 40.2 Å². The van der Waals surface area contributed by atoms with E-state index in [1.807, 2.05) is 6.21 Å². The van der Waals surface area contributed by atoms with Crippen molar-refractivity contribution in [2.75, 3.05) is 18.6 Å². The van der Waals surface area contributed by atoms with E-state index < -0.39 is 0 Å². The molecule has 1 aliphatic rings. The van der Waals surface area contributed by atoms with Gasteiger partial charge in [-0.1, -0.05) is 6.92 Å². The molecular formula is C23H29IN2O. The molecule has 2 aromatic rings. The van der Waals surface area contributed by atoms with Gasteiger partial charge in [-0.25, -0.2) is 0 Å². The van der Waals surface area contributed by atoms with Crippen molar-refractivity contribution in [2.45, 2.75) is 52.5 Å². The molecule has 2 aromatic carbocycles. The SMILES string of the molecule is CCN1c2cc(OC)c(C=Nc3ccc(I)c(C)c3)cc2C(C)CC1(C)C. The Morgan fingerprint density at radius 3 is 2.67 bits per heavy atom. The molecule has 0 saturated heterocycles. The molecule has 3 nitrogen and oxygen atoms in total. The summed E-state index contributed by atoms with van der Waals surface area (Å²) in [6, 6.07) is 10.7. The molecule has 3 rings (SSSR count). The Kier molecular flexibility index (Phi) is 5.84. The van der Waals surface area contributed by atoms with Gasteiger partial charge in [-0.2, -0.15) is 0 Å². The zero-order valence-corrected chi connectivity index (χ0v) is 19.3. The Hall–Kier alpha value is -1.56. The minimum atomic E-state index is 0.153. The summed E-state index contributed by atoms with van der Waals surface area (Å²) < 4.78 is 6.98. The summed E-state index contributed by atoms with van der Waals surface area (Å²) in [6.07, 6.45) is 3.08. The lowest BCUT2D eigenvalue weighted by Crippen LogP contribution is -2.48. The molecule has 0 N–H and O–H groups in total.